The van der Waals surface area contributed by atoms with Gasteiger partial charge in [-0.2, -0.15) is 9.90 Å². The van der Waals surface area contributed by atoms with E-state index in [0.717, 1.165) is 6.92 Å². The molecule has 1 heterocycles. The van der Waals surface area contributed by atoms with E-state index in [1.54, 1.807) is 0 Å². The SMILES string of the molecule is CC(F)(F)C(C)(C)Cn1ncc(N)n1. The summed E-state index contributed by atoms with van der Waals surface area (Å²) >= 11 is 0. The highest BCUT2D eigenvalue weighted by Crippen LogP contribution is 2.36. The number of alkyl halides is 2. The van der Waals surface area contributed by atoms with Gasteiger partial charge in [-0.15, -0.1) is 5.10 Å². The summed E-state index contributed by atoms with van der Waals surface area (Å²) in [4.78, 5) is 1.19. The molecule has 1 aromatic rings. The smallest absolute Gasteiger partial charge is 0.252 e. The summed E-state index contributed by atoms with van der Waals surface area (Å²) in [5.74, 6) is -2.55. The van der Waals surface area contributed by atoms with E-state index in [-0.39, 0.29) is 12.4 Å². The molecule has 0 aliphatic carbocycles. The van der Waals surface area contributed by atoms with Gasteiger partial charge in [0.2, 0.25) is 0 Å². The summed E-state index contributed by atoms with van der Waals surface area (Å²) in [6.45, 7) is 3.85. The minimum atomic E-state index is -2.78. The highest BCUT2D eigenvalue weighted by Gasteiger charge is 2.42. The molecule has 80 valence electrons. The van der Waals surface area contributed by atoms with Crippen LogP contribution in [-0.4, -0.2) is 20.9 Å². The predicted molar refractivity (Wildman–Crippen MR) is 48.8 cm³/mol. The van der Waals surface area contributed by atoms with Crippen molar-refractivity contribution in [3.8, 4) is 0 Å². The monoisotopic (exact) mass is 204 g/mol. The Morgan fingerprint density at radius 2 is 2.00 bits per heavy atom. The normalized spacial score (nSPS) is 13.2. The number of nitrogens with two attached hydrogens (primary N) is 1. The van der Waals surface area contributed by atoms with Crippen LogP contribution in [0, 0.1) is 5.41 Å². The fraction of sp³-hybridized carbons (Fsp3) is 0.750. The zero-order valence-electron chi connectivity index (χ0n) is 8.46. The van der Waals surface area contributed by atoms with E-state index >= 15 is 0 Å². The van der Waals surface area contributed by atoms with Crippen molar-refractivity contribution in [3.63, 3.8) is 0 Å². The predicted octanol–water partition coefficient (Wildman–Crippen LogP) is 1.54. The standard InChI is InChI=1S/C8H14F2N4/c1-7(2,8(3,9)10)5-14-12-4-6(11)13-14/h4H,5H2,1-3H3,(H2,11,13). The first-order valence-corrected chi connectivity index (χ1v) is 4.26. The van der Waals surface area contributed by atoms with Crippen LogP contribution in [0.3, 0.4) is 0 Å². The molecule has 0 aliphatic rings. The minimum Gasteiger partial charge on any atom is -0.381 e. The molecule has 4 nitrogen and oxygen atoms in total. The van der Waals surface area contributed by atoms with Gasteiger partial charge < -0.3 is 5.73 Å². The first-order valence-electron chi connectivity index (χ1n) is 4.26. The minimum absolute atomic E-state index is 0.0354. The Kier molecular flexibility index (Phi) is 2.47. The number of anilines is 1. The van der Waals surface area contributed by atoms with Gasteiger partial charge in [0.15, 0.2) is 5.82 Å². The molecule has 1 aromatic heterocycles. The van der Waals surface area contributed by atoms with E-state index in [4.69, 9.17) is 5.73 Å². The van der Waals surface area contributed by atoms with Crippen LogP contribution in [0.25, 0.3) is 0 Å². The lowest BCUT2D eigenvalue weighted by Gasteiger charge is -2.30. The van der Waals surface area contributed by atoms with E-state index < -0.39 is 11.3 Å². The largest absolute Gasteiger partial charge is 0.381 e. The fourth-order valence-corrected chi connectivity index (χ4v) is 0.879. The molecule has 0 aliphatic heterocycles. The third kappa shape index (κ3) is 2.18. The van der Waals surface area contributed by atoms with Crippen LogP contribution in [-0.2, 0) is 6.54 Å². The summed E-state index contributed by atoms with van der Waals surface area (Å²) in [6.07, 6.45) is 1.34. The molecule has 0 fully saturated rings. The van der Waals surface area contributed by atoms with Crippen molar-refractivity contribution in [2.24, 2.45) is 5.41 Å². The van der Waals surface area contributed by atoms with Crippen molar-refractivity contribution in [3.05, 3.63) is 6.20 Å². The quantitative estimate of drug-likeness (QED) is 0.812. The third-order valence-corrected chi connectivity index (χ3v) is 2.28. The van der Waals surface area contributed by atoms with Crippen LogP contribution < -0.4 is 5.73 Å². The lowest BCUT2D eigenvalue weighted by molar-refractivity contribution is -0.0988. The van der Waals surface area contributed by atoms with Gasteiger partial charge in [0, 0.05) is 5.41 Å². The molecule has 0 saturated carbocycles. The molecular formula is C8H14F2N4. The number of rotatable bonds is 3. The molecule has 1 rings (SSSR count). The van der Waals surface area contributed by atoms with E-state index in [1.807, 2.05) is 0 Å². The maximum atomic E-state index is 13.1. The van der Waals surface area contributed by atoms with Gasteiger partial charge in [0.05, 0.1) is 12.7 Å². The molecule has 0 unspecified atom stereocenters. The molecule has 0 amide bonds. The van der Waals surface area contributed by atoms with E-state index in [2.05, 4.69) is 10.2 Å². The van der Waals surface area contributed by atoms with Crippen molar-refractivity contribution in [2.75, 3.05) is 5.73 Å². The Balaban J connectivity index is 2.78. The Morgan fingerprint density at radius 3 is 2.36 bits per heavy atom. The Bertz CT molecular complexity index is 313. The van der Waals surface area contributed by atoms with Crippen LogP contribution in [0.4, 0.5) is 14.6 Å². The Hall–Kier alpha value is -1.20. The highest BCUT2D eigenvalue weighted by atomic mass is 19.3. The number of halogens is 2. The second-order valence-corrected chi connectivity index (χ2v) is 4.07. The van der Waals surface area contributed by atoms with Crippen molar-refractivity contribution >= 4 is 5.82 Å². The maximum Gasteiger partial charge on any atom is 0.252 e. The number of nitrogens with zero attached hydrogens (tertiary/aromatic N) is 3. The Labute approximate surface area is 81.1 Å². The molecule has 0 saturated heterocycles. The van der Waals surface area contributed by atoms with Gasteiger partial charge in [-0.25, -0.2) is 8.78 Å². The van der Waals surface area contributed by atoms with Crippen molar-refractivity contribution in [1.29, 1.82) is 0 Å². The average molecular weight is 204 g/mol. The number of nitrogen functional groups attached to an aromatic ring is 1. The molecule has 0 bridgehead atoms. The van der Waals surface area contributed by atoms with Gasteiger partial charge in [-0.05, 0) is 6.92 Å². The Morgan fingerprint density at radius 1 is 1.43 bits per heavy atom. The van der Waals surface area contributed by atoms with Gasteiger partial charge in [0.1, 0.15) is 0 Å². The molecule has 0 spiro atoms. The highest BCUT2D eigenvalue weighted by molar-refractivity contribution is 5.19. The molecule has 0 atom stereocenters. The van der Waals surface area contributed by atoms with E-state index in [9.17, 15) is 8.78 Å². The van der Waals surface area contributed by atoms with Crippen molar-refractivity contribution < 1.29 is 8.78 Å². The molecule has 0 radical (unpaired) electrons. The zero-order chi connectivity index (χ0) is 11.0. The first-order chi connectivity index (χ1) is 6.22. The summed E-state index contributed by atoms with van der Waals surface area (Å²) < 4.78 is 26.2. The zero-order valence-corrected chi connectivity index (χ0v) is 8.46. The topological polar surface area (TPSA) is 56.7 Å². The van der Waals surface area contributed by atoms with E-state index in [0.29, 0.717) is 0 Å². The molecule has 2 N–H and O–H groups in total. The van der Waals surface area contributed by atoms with Crippen LogP contribution in [0.5, 0.6) is 0 Å². The van der Waals surface area contributed by atoms with Gasteiger partial charge in [0.25, 0.3) is 5.92 Å². The van der Waals surface area contributed by atoms with Crippen LogP contribution in [0.2, 0.25) is 0 Å². The van der Waals surface area contributed by atoms with Gasteiger partial charge >= 0.3 is 0 Å². The van der Waals surface area contributed by atoms with Gasteiger partial charge in [-0.1, -0.05) is 13.8 Å². The summed E-state index contributed by atoms with van der Waals surface area (Å²) in [6, 6.07) is 0. The number of hydrogen-bond acceptors (Lipinski definition) is 3. The second kappa shape index (κ2) is 3.18. The van der Waals surface area contributed by atoms with Crippen molar-refractivity contribution in [1.82, 2.24) is 15.0 Å². The molecular weight excluding hydrogens is 190 g/mol. The summed E-state index contributed by atoms with van der Waals surface area (Å²) in [7, 11) is 0. The second-order valence-electron chi connectivity index (χ2n) is 4.07. The maximum absolute atomic E-state index is 13.1. The number of hydrogen-bond donors (Lipinski definition) is 1. The van der Waals surface area contributed by atoms with Crippen LogP contribution >= 0.6 is 0 Å². The molecule has 14 heavy (non-hydrogen) atoms. The van der Waals surface area contributed by atoms with Crippen molar-refractivity contribution in [2.45, 2.75) is 33.2 Å². The van der Waals surface area contributed by atoms with Crippen LogP contribution in [0.1, 0.15) is 20.8 Å². The molecule has 6 heteroatoms. The molecule has 0 aromatic carbocycles. The van der Waals surface area contributed by atoms with E-state index in [1.165, 1.54) is 24.8 Å². The summed E-state index contributed by atoms with van der Waals surface area (Å²) in [5.41, 5.74) is 4.13. The average Bonchev–Trinajstić information content (AvgIpc) is 2.31. The van der Waals surface area contributed by atoms with Gasteiger partial charge in [-0.3, -0.25) is 0 Å². The summed E-state index contributed by atoms with van der Waals surface area (Å²) in [5, 5.41) is 7.52. The first kappa shape index (κ1) is 10.9. The fourth-order valence-electron chi connectivity index (χ4n) is 0.879. The van der Waals surface area contributed by atoms with Crippen LogP contribution in [0.15, 0.2) is 6.20 Å². The lowest BCUT2D eigenvalue weighted by Crippen LogP contribution is -2.37. The lowest BCUT2D eigenvalue weighted by atomic mass is 9.87. The third-order valence-electron chi connectivity index (χ3n) is 2.28. The number of aromatic nitrogens is 3.